The van der Waals surface area contributed by atoms with Gasteiger partial charge in [0.1, 0.15) is 5.54 Å². The molecular formula is C11H12ClF2N. The summed E-state index contributed by atoms with van der Waals surface area (Å²) in [6.45, 7) is 1.82. The van der Waals surface area contributed by atoms with Crippen molar-refractivity contribution in [1.82, 2.24) is 5.32 Å². The van der Waals surface area contributed by atoms with Crippen LogP contribution in [0.15, 0.2) is 24.3 Å². The molecule has 1 atom stereocenters. The fourth-order valence-corrected chi connectivity index (χ4v) is 2.33. The maximum absolute atomic E-state index is 13.7. The van der Waals surface area contributed by atoms with Gasteiger partial charge in [-0.05, 0) is 18.6 Å². The van der Waals surface area contributed by atoms with Crippen molar-refractivity contribution in [2.24, 2.45) is 0 Å². The predicted octanol–water partition coefficient (Wildman–Crippen LogP) is 3.18. The summed E-state index contributed by atoms with van der Waals surface area (Å²) in [7, 11) is 0. The Hall–Kier alpha value is -0.670. The Kier molecular flexibility index (Phi) is 2.47. The summed E-state index contributed by atoms with van der Waals surface area (Å²) in [6, 6.07) is 6.75. The van der Waals surface area contributed by atoms with Gasteiger partial charge in [-0.15, -0.1) is 0 Å². The zero-order valence-electron chi connectivity index (χ0n) is 8.36. The van der Waals surface area contributed by atoms with Gasteiger partial charge in [0, 0.05) is 18.0 Å². The van der Waals surface area contributed by atoms with Crippen LogP contribution in [0.2, 0.25) is 5.02 Å². The van der Waals surface area contributed by atoms with Crippen LogP contribution in [0, 0.1) is 0 Å². The lowest BCUT2D eigenvalue weighted by Gasteiger charge is -2.32. The first kappa shape index (κ1) is 10.8. The fraction of sp³-hybridized carbons (Fsp3) is 0.455. The molecule has 0 aromatic heterocycles. The van der Waals surface area contributed by atoms with E-state index in [-0.39, 0.29) is 6.42 Å². The van der Waals surface area contributed by atoms with Crippen molar-refractivity contribution < 1.29 is 8.78 Å². The van der Waals surface area contributed by atoms with Crippen molar-refractivity contribution >= 4 is 11.6 Å². The van der Waals surface area contributed by atoms with Crippen LogP contribution in [0.1, 0.15) is 18.9 Å². The van der Waals surface area contributed by atoms with E-state index in [0.717, 1.165) is 0 Å². The fourth-order valence-electron chi connectivity index (χ4n) is 2.01. The second-order valence-corrected chi connectivity index (χ2v) is 4.39. The van der Waals surface area contributed by atoms with Gasteiger partial charge in [-0.1, -0.05) is 29.8 Å². The van der Waals surface area contributed by atoms with Gasteiger partial charge in [0.05, 0.1) is 0 Å². The molecule has 1 fully saturated rings. The molecule has 1 nitrogen and oxygen atoms in total. The minimum atomic E-state index is -2.75. The van der Waals surface area contributed by atoms with Gasteiger partial charge in [0.15, 0.2) is 0 Å². The van der Waals surface area contributed by atoms with Crippen LogP contribution in [-0.4, -0.2) is 12.5 Å². The highest BCUT2D eigenvalue weighted by Crippen LogP contribution is 2.45. The molecule has 1 heterocycles. The Morgan fingerprint density at radius 3 is 2.53 bits per heavy atom. The van der Waals surface area contributed by atoms with E-state index < -0.39 is 11.5 Å². The second-order valence-electron chi connectivity index (χ2n) is 3.99. The molecule has 1 aromatic carbocycles. The lowest BCUT2D eigenvalue weighted by atomic mass is 9.87. The van der Waals surface area contributed by atoms with Crippen molar-refractivity contribution in [1.29, 1.82) is 0 Å². The SMILES string of the molecule is CC1(c2ccccc2Cl)NCCC1(F)F. The normalized spacial score (nSPS) is 29.3. The molecule has 0 bridgehead atoms. The van der Waals surface area contributed by atoms with Crippen molar-refractivity contribution in [3.8, 4) is 0 Å². The summed E-state index contributed by atoms with van der Waals surface area (Å²) < 4.78 is 27.5. The van der Waals surface area contributed by atoms with Crippen LogP contribution in [0.4, 0.5) is 8.78 Å². The molecule has 1 aliphatic rings. The predicted molar refractivity (Wildman–Crippen MR) is 56.4 cm³/mol. The first-order valence-corrected chi connectivity index (χ1v) is 5.23. The summed E-state index contributed by atoms with van der Waals surface area (Å²) >= 11 is 5.95. The van der Waals surface area contributed by atoms with E-state index in [4.69, 9.17) is 11.6 Å². The largest absolute Gasteiger partial charge is 0.302 e. The summed E-state index contributed by atoms with van der Waals surface area (Å²) in [4.78, 5) is 0. The molecular weight excluding hydrogens is 220 g/mol. The van der Waals surface area contributed by atoms with Crippen LogP contribution in [0.3, 0.4) is 0 Å². The van der Waals surface area contributed by atoms with E-state index in [9.17, 15) is 8.78 Å². The molecule has 0 radical (unpaired) electrons. The third kappa shape index (κ3) is 1.54. The van der Waals surface area contributed by atoms with E-state index in [2.05, 4.69) is 5.32 Å². The van der Waals surface area contributed by atoms with Gasteiger partial charge >= 0.3 is 0 Å². The second kappa shape index (κ2) is 3.42. The number of benzene rings is 1. The number of halogens is 3. The number of alkyl halides is 2. The minimum absolute atomic E-state index is 0.144. The Morgan fingerprint density at radius 1 is 1.33 bits per heavy atom. The van der Waals surface area contributed by atoms with E-state index in [1.54, 1.807) is 24.3 Å². The van der Waals surface area contributed by atoms with Gasteiger partial charge < -0.3 is 5.32 Å². The van der Waals surface area contributed by atoms with Gasteiger partial charge in [0.25, 0.3) is 5.92 Å². The number of nitrogens with one attached hydrogen (secondary N) is 1. The average Bonchev–Trinajstić information content (AvgIpc) is 2.43. The summed E-state index contributed by atoms with van der Waals surface area (Å²) in [5.41, 5.74) is -0.875. The van der Waals surface area contributed by atoms with Gasteiger partial charge in [-0.25, -0.2) is 8.78 Å². The molecule has 2 rings (SSSR count). The first-order chi connectivity index (χ1) is 6.97. The molecule has 1 saturated heterocycles. The van der Waals surface area contributed by atoms with E-state index >= 15 is 0 Å². The summed E-state index contributed by atoms with van der Waals surface area (Å²) in [5.74, 6) is -2.75. The van der Waals surface area contributed by atoms with Crippen LogP contribution >= 0.6 is 11.6 Å². The van der Waals surface area contributed by atoms with Crippen LogP contribution in [0.25, 0.3) is 0 Å². The smallest absolute Gasteiger partial charge is 0.271 e. The zero-order chi connectivity index (χ0) is 11.1. The first-order valence-electron chi connectivity index (χ1n) is 4.85. The highest BCUT2D eigenvalue weighted by atomic mass is 35.5. The van der Waals surface area contributed by atoms with Crippen molar-refractivity contribution in [3.63, 3.8) is 0 Å². The van der Waals surface area contributed by atoms with Crippen molar-refractivity contribution in [2.45, 2.75) is 24.8 Å². The molecule has 0 aliphatic carbocycles. The van der Waals surface area contributed by atoms with E-state index in [0.29, 0.717) is 17.1 Å². The lowest BCUT2D eigenvalue weighted by molar-refractivity contribution is -0.0559. The van der Waals surface area contributed by atoms with Gasteiger partial charge in [-0.3, -0.25) is 0 Å². The van der Waals surface area contributed by atoms with Crippen LogP contribution in [0.5, 0.6) is 0 Å². The number of hydrogen-bond donors (Lipinski definition) is 1. The van der Waals surface area contributed by atoms with Crippen molar-refractivity contribution in [3.05, 3.63) is 34.9 Å². The molecule has 0 amide bonds. The minimum Gasteiger partial charge on any atom is -0.302 e. The van der Waals surface area contributed by atoms with Crippen LogP contribution < -0.4 is 5.32 Å². The summed E-state index contributed by atoms with van der Waals surface area (Å²) in [6.07, 6.45) is -0.144. The molecule has 1 N–H and O–H groups in total. The molecule has 1 aromatic rings. The lowest BCUT2D eigenvalue weighted by Crippen LogP contribution is -2.46. The van der Waals surface area contributed by atoms with Crippen LogP contribution in [-0.2, 0) is 5.54 Å². The standard InChI is InChI=1S/C11H12ClF2N/c1-10(11(13,14)6-7-15-10)8-4-2-3-5-9(8)12/h2-5,15H,6-7H2,1H3. The molecule has 82 valence electrons. The molecule has 0 saturated carbocycles. The Morgan fingerprint density at radius 2 is 2.00 bits per heavy atom. The maximum Gasteiger partial charge on any atom is 0.271 e. The Balaban J connectivity index is 2.50. The van der Waals surface area contributed by atoms with Crippen molar-refractivity contribution in [2.75, 3.05) is 6.54 Å². The number of rotatable bonds is 1. The Labute approximate surface area is 92.4 Å². The zero-order valence-corrected chi connectivity index (χ0v) is 9.11. The molecule has 0 spiro atoms. The average molecular weight is 232 g/mol. The molecule has 15 heavy (non-hydrogen) atoms. The maximum atomic E-state index is 13.7. The monoisotopic (exact) mass is 231 g/mol. The third-order valence-corrected chi connectivity index (χ3v) is 3.39. The van der Waals surface area contributed by atoms with Gasteiger partial charge in [-0.2, -0.15) is 0 Å². The highest BCUT2D eigenvalue weighted by molar-refractivity contribution is 6.31. The Bertz CT molecular complexity index is 381. The number of hydrogen-bond acceptors (Lipinski definition) is 1. The molecule has 1 aliphatic heterocycles. The highest BCUT2D eigenvalue weighted by Gasteiger charge is 2.55. The van der Waals surface area contributed by atoms with E-state index in [1.807, 2.05) is 0 Å². The van der Waals surface area contributed by atoms with E-state index in [1.165, 1.54) is 6.92 Å². The molecule has 1 unspecified atom stereocenters. The third-order valence-electron chi connectivity index (χ3n) is 3.06. The molecule has 4 heteroatoms. The topological polar surface area (TPSA) is 12.0 Å². The van der Waals surface area contributed by atoms with Gasteiger partial charge in [0.2, 0.25) is 0 Å². The summed E-state index contributed by atoms with van der Waals surface area (Å²) in [5, 5.41) is 3.23. The quantitative estimate of drug-likeness (QED) is 0.783.